The molecular formula is C10H9BrN2OS. The molecular weight excluding hydrogens is 276 g/mol. The topological polar surface area (TPSA) is 52.0 Å². The van der Waals surface area contributed by atoms with E-state index in [1.165, 1.54) is 11.8 Å². The molecule has 1 heterocycles. The molecule has 0 aliphatic rings. The van der Waals surface area contributed by atoms with Crippen LogP contribution in [0.1, 0.15) is 5.56 Å². The fourth-order valence-corrected chi connectivity index (χ4v) is 2.67. The number of rotatable bonds is 3. The first-order valence-electron chi connectivity index (χ1n) is 4.35. The summed E-state index contributed by atoms with van der Waals surface area (Å²) in [7, 11) is 0. The number of nitrogens with zero attached hydrogens (tertiary/aromatic N) is 1. The highest BCUT2D eigenvalue weighted by atomic mass is 79.9. The van der Waals surface area contributed by atoms with Gasteiger partial charge in [0.1, 0.15) is 6.26 Å². The van der Waals surface area contributed by atoms with Gasteiger partial charge >= 0.3 is 0 Å². The third kappa shape index (κ3) is 2.84. The van der Waals surface area contributed by atoms with E-state index < -0.39 is 0 Å². The maximum absolute atomic E-state index is 5.59. The van der Waals surface area contributed by atoms with Gasteiger partial charge in [-0.05, 0) is 35.5 Å². The molecule has 0 saturated carbocycles. The Morgan fingerprint density at radius 1 is 1.40 bits per heavy atom. The van der Waals surface area contributed by atoms with Crippen molar-refractivity contribution in [2.75, 3.05) is 0 Å². The van der Waals surface area contributed by atoms with Crippen LogP contribution in [0.15, 0.2) is 49.7 Å². The molecule has 2 N–H and O–H groups in total. The quantitative estimate of drug-likeness (QED) is 0.941. The molecule has 15 heavy (non-hydrogen) atoms. The molecule has 0 aliphatic heterocycles. The zero-order valence-corrected chi connectivity index (χ0v) is 10.2. The monoisotopic (exact) mass is 284 g/mol. The van der Waals surface area contributed by atoms with E-state index in [1.807, 2.05) is 18.2 Å². The zero-order valence-electron chi connectivity index (χ0n) is 7.81. The van der Waals surface area contributed by atoms with Crippen LogP contribution in [-0.4, -0.2) is 4.98 Å². The van der Waals surface area contributed by atoms with Gasteiger partial charge in [-0.1, -0.05) is 15.9 Å². The van der Waals surface area contributed by atoms with Crippen molar-refractivity contribution in [3.63, 3.8) is 0 Å². The lowest BCUT2D eigenvalue weighted by molar-refractivity contribution is 0.454. The van der Waals surface area contributed by atoms with Crippen molar-refractivity contribution >= 4 is 27.7 Å². The van der Waals surface area contributed by atoms with Gasteiger partial charge in [-0.3, -0.25) is 0 Å². The first kappa shape index (κ1) is 10.7. The van der Waals surface area contributed by atoms with Gasteiger partial charge in [0.05, 0.1) is 6.20 Å². The Kier molecular flexibility index (Phi) is 3.45. The molecule has 0 spiro atoms. The summed E-state index contributed by atoms with van der Waals surface area (Å²) >= 11 is 4.91. The number of hydrogen-bond donors (Lipinski definition) is 1. The molecule has 0 fully saturated rings. The van der Waals surface area contributed by atoms with Gasteiger partial charge in [-0.2, -0.15) is 0 Å². The van der Waals surface area contributed by atoms with E-state index >= 15 is 0 Å². The first-order chi connectivity index (χ1) is 7.28. The SMILES string of the molecule is NCc1cc(Br)cc(Sc2ncco2)c1. The van der Waals surface area contributed by atoms with E-state index in [9.17, 15) is 0 Å². The lowest BCUT2D eigenvalue weighted by Crippen LogP contribution is -1.96. The summed E-state index contributed by atoms with van der Waals surface area (Å²) in [6.45, 7) is 0.526. The minimum atomic E-state index is 0.526. The van der Waals surface area contributed by atoms with Crippen molar-refractivity contribution in [1.82, 2.24) is 4.98 Å². The van der Waals surface area contributed by atoms with E-state index in [2.05, 4.69) is 20.9 Å². The van der Waals surface area contributed by atoms with Crippen LogP contribution in [-0.2, 0) is 6.54 Å². The van der Waals surface area contributed by atoms with E-state index in [-0.39, 0.29) is 0 Å². The Balaban J connectivity index is 2.24. The van der Waals surface area contributed by atoms with Crippen LogP contribution in [0.25, 0.3) is 0 Å². The average Bonchev–Trinajstić information content (AvgIpc) is 2.69. The van der Waals surface area contributed by atoms with Gasteiger partial charge in [-0.15, -0.1) is 0 Å². The third-order valence-corrected chi connectivity index (χ3v) is 3.09. The normalized spacial score (nSPS) is 10.5. The van der Waals surface area contributed by atoms with Crippen LogP contribution in [0.3, 0.4) is 0 Å². The molecule has 3 nitrogen and oxygen atoms in total. The first-order valence-corrected chi connectivity index (χ1v) is 5.96. The number of oxazole rings is 1. The van der Waals surface area contributed by atoms with E-state index in [1.54, 1.807) is 12.5 Å². The molecule has 0 atom stereocenters. The van der Waals surface area contributed by atoms with E-state index in [0.717, 1.165) is 14.9 Å². The average molecular weight is 285 g/mol. The second-order valence-corrected chi connectivity index (χ2v) is 4.84. The largest absolute Gasteiger partial charge is 0.440 e. The Morgan fingerprint density at radius 3 is 2.93 bits per heavy atom. The van der Waals surface area contributed by atoms with Crippen LogP contribution in [0.2, 0.25) is 0 Å². The van der Waals surface area contributed by atoms with Crippen LogP contribution in [0.4, 0.5) is 0 Å². The molecule has 2 rings (SSSR count). The van der Waals surface area contributed by atoms with Crippen LogP contribution in [0, 0.1) is 0 Å². The number of halogens is 1. The number of hydrogen-bond acceptors (Lipinski definition) is 4. The second-order valence-electron chi connectivity index (χ2n) is 2.90. The predicted molar refractivity (Wildman–Crippen MR) is 62.7 cm³/mol. The Morgan fingerprint density at radius 2 is 2.27 bits per heavy atom. The molecule has 1 aromatic carbocycles. The van der Waals surface area contributed by atoms with Gasteiger partial charge in [0.15, 0.2) is 0 Å². The Hall–Kier alpha value is -0.780. The highest BCUT2D eigenvalue weighted by molar-refractivity contribution is 9.10. The molecule has 0 saturated heterocycles. The smallest absolute Gasteiger partial charge is 0.260 e. The van der Waals surface area contributed by atoms with Crippen LogP contribution < -0.4 is 5.73 Å². The third-order valence-electron chi connectivity index (χ3n) is 1.78. The highest BCUT2D eigenvalue weighted by Gasteiger charge is 2.03. The van der Waals surface area contributed by atoms with Crippen molar-refractivity contribution < 1.29 is 4.42 Å². The lowest BCUT2D eigenvalue weighted by Gasteiger charge is -2.02. The number of nitrogens with two attached hydrogens (primary N) is 1. The summed E-state index contributed by atoms with van der Waals surface area (Å²) in [6, 6.07) is 6.03. The number of benzene rings is 1. The standard InChI is InChI=1S/C10H9BrN2OS/c11-8-3-7(6-12)4-9(5-8)15-10-13-1-2-14-10/h1-5H,6,12H2. The molecule has 0 radical (unpaired) electrons. The van der Waals surface area contributed by atoms with Crippen molar-refractivity contribution in [2.45, 2.75) is 16.7 Å². The predicted octanol–water partition coefficient (Wildman–Crippen LogP) is 3.05. The maximum atomic E-state index is 5.59. The zero-order chi connectivity index (χ0) is 10.7. The molecule has 0 amide bonds. The second kappa shape index (κ2) is 4.83. The highest BCUT2D eigenvalue weighted by Crippen LogP contribution is 2.29. The molecule has 78 valence electrons. The summed E-state index contributed by atoms with van der Waals surface area (Å²) in [5.41, 5.74) is 6.67. The molecule has 2 aromatic rings. The van der Waals surface area contributed by atoms with E-state index in [4.69, 9.17) is 10.2 Å². The minimum absolute atomic E-state index is 0.526. The fourth-order valence-electron chi connectivity index (χ4n) is 1.16. The van der Waals surface area contributed by atoms with Gasteiger partial charge in [0.2, 0.25) is 0 Å². The molecule has 0 bridgehead atoms. The molecule has 1 aromatic heterocycles. The summed E-state index contributed by atoms with van der Waals surface area (Å²) in [5.74, 6) is 0. The molecule has 0 unspecified atom stereocenters. The maximum Gasteiger partial charge on any atom is 0.260 e. The van der Waals surface area contributed by atoms with Gasteiger partial charge in [-0.25, -0.2) is 4.98 Å². The van der Waals surface area contributed by atoms with Gasteiger partial charge in [0, 0.05) is 15.9 Å². The summed E-state index contributed by atoms with van der Waals surface area (Å²) < 4.78 is 6.17. The van der Waals surface area contributed by atoms with Gasteiger partial charge in [0.25, 0.3) is 5.22 Å². The minimum Gasteiger partial charge on any atom is -0.440 e. The van der Waals surface area contributed by atoms with E-state index in [0.29, 0.717) is 11.8 Å². The van der Waals surface area contributed by atoms with Crippen molar-refractivity contribution in [1.29, 1.82) is 0 Å². The summed E-state index contributed by atoms with van der Waals surface area (Å²) in [4.78, 5) is 5.11. The van der Waals surface area contributed by atoms with Crippen molar-refractivity contribution in [3.8, 4) is 0 Å². The summed E-state index contributed by atoms with van der Waals surface area (Å²) in [5, 5.41) is 0.635. The fraction of sp³-hybridized carbons (Fsp3) is 0.100. The lowest BCUT2D eigenvalue weighted by atomic mass is 10.2. The van der Waals surface area contributed by atoms with Crippen LogP contribution in [0.5, 0.6) is 0 Å². The molecule has 0 aliphatic carbocycles. The Labute approximate surface area is 100 Å². The van der Waals surface area contributed by atoms with Crippen molar-refractivity contribution in [2.24, 2.45) is 5.73 Å². The Bertz CT molecular complexity index is 445. The van der Waals surface area contributed by atoms with Gasteiger partial charge < -0.3 is 10.2 Å². The molecule has 5 heteroatoms. The summed E-state index contributed by atoms with van der Waals surface area (Å²) in [6.07, 6.45) is 3.19. The van der Waals surface area contributed by atoms with Crippen molar-refractivity contribution in [3.05, 3.63) is 40.7 Å². The number of aromatic nitrogens is 1. The van der Waals surface area contributed by atoms with Crippen LogP contribution >= 0.6 is 27.7 Å².